The number of anilines is 2. The Balaban J connectivity index is 0.000000305. The Kier molecular flexibility index (Phi) is 7.27. The van der Waals surface area contributed by atoms with Crippen LogP contribution in [0.5, 0.6) is 0 Å². The normalized spacial score (nSPS) is 21.3. The van der Waals surface area contributed by atoms with Crippen LogP contribution in [0.25, 0.3) is 0 Å². The topological polar surface area (TPSA) is 56.1 Å². The van der Waals surface area contributed by atoms with Crippen LogP contribution in [0.15, 0.2) is 90.2 Å². The Hall–Kier alpha value is -3.65. The van der Waals surface area contributed by atoms with Crippen LogP contribution in [-0.2, 0) is 4.79 Å². The van der Waals surface area contributed by atoms with Gasteiger partial charge in [-0.25, -0.2) is 4.39 Å². The number of nitriles is 1. The first-order chi connectivity index (χ1) is 15.5. The molecule has 0 aliphatic heterocycles. The smallest absolute Gasteiger partial charge is 0.125 e. The highest BCUT2D eigenvalue weighted by atomic mass is 19.1. The zero-order valence-corrected chi connectivity index (χ0v) is 18.5. The summed E-state index contributed by atoms with van der Waals surface area (Å²) in [4.78, 5) is 13.4. The predicted octanol–water partition coefficient (Wildman–Crippen LogP) is 5.88. The number of para-hydroxylation sites is 1. The molecule has 0 saturated heterocycles. The van der Waals surface area contributed by atoms with E-state index in [2.05, 4.69) is 18.0 Å². The first-order valence-electron chi connectivity index (χ1n) is 10.6. The largest absolute Gasteiger partial charge is 0.388 e. The van der Waals surface area contributed by atoms with Crippen LogP contribution in [0.3, 0.4) is 0 Å². The molecular weight excluding hydrogens is 401 g/mol. The van der Waals surface area contributed by atoms with E-state index in [4.69, 9.17) is 0 Å². The Morgan fingerprint density at radius 1 is 1.22 bits per heavy atom. The number of rotatable bonds is 5. The van der Waals surface area contributed by atoms with Gasteiger partial charge in [0.05, 0.1) is 11.5 Å². The zero-order valence-electron chi connectivity index (χ0n) is 18.5. The van der Waals surface area contributed by atoms with Crippen molar-refractivity contribution < 1.29 is 9.18 Å². The van der Waals surface area contributed by atoms with Crippen molar-refractivity contribution in [1.29, 1.82) is 5.26 Å². The number of aldehydes is 1. The van der Waals surface area contributed by atoms with E-state index < -0.39 is 5.41 Å². The van der Waals surface area contributed by atoms with Gasteiger partial charge in [0, 0.05) is 37.1 Å². The molecule has 0 amide bonds. The molecule has 4 rings (SSSR count). The molecule has 1 saturated carbocycles. The highest BCUT2D eigenvalue weighted by Crippen LogP contribution is 2.53. The third-order valence-electron chi connectivity index (χ3n) is 6.29. The molecule has 164 valence electrons. The van der Waals surface area contributed by atoms with Crippen LogP contribution < -0.4 is 10.2 Å². The Morgan fingerprint density at radius 3 is 2.44 bits per heavy atom. The molecule has 4 nitrogen and oxygen atoms in total. The molecule has 2 aliphatic carbocycles. The lowest BCUT2D eigenvalue weighted by Crippen LogP contribution is -2.31. The second-order valence-corrected chi connectivity index (χ2v) is 7.98. The molecule has 1 N–H and O–H groups in total. The number of halogens is 1. The summed E-state index contributed by atoms with van der Waals surface area (Å²) in [6.07, 6.45) is 6.63. The number of likely N-dealkylation sites (N-methyl/N-ethyl adjacent to an activating group) is 1. The molecule has 32 heavy (non-hydrogen) atoms. The van der Waals surface area contributed by atoms with Crippen LogP contribution >= 0.6 is 0 Å². The highest BCUT2D eigenvalue weighted by Gasteiger charge is 2.49. The maximum Gasteiger partial charge on any atom is 0.125 e. The van der Waals surface area contributed by atoms with Crippen molar-refractivity contribution in [3.63, 3.8) is 0 Å². The molecular formula is C27H28FN3O. The summed E-state index contributed by atoms with van der Waals surface area (Å²) < 4.78 is 13.2. The maximum atomic E-state index is 13.2. The summed E-state index contributed by atoms with van der Waals surface area (Å²) in [5.41, 5.74) is 4.17. The predicted molar refractivity (Wildman–Crippen MR) is 128 cm³/mol. The fourth-order valence-electron chi connectivity index (χ4n) is 4.39. The van der Waals surface area contributed by atoms with E-state index in [9.17, 15) is 14.4 Å². The van der Waals surface area contributed by atoms with Crippen molar-refractivity contribution in [3.8, 4) is 6.07 Å². The van der Waals surface area contributed by atoms with E-state index in [1.807, 2.05) is 55.4 Å². The highest BCUT2D eigenvalue weighted by molar-refractivity contribution is 5.65. The van der Waals surface area contributed by atoms with Gasteiger partial charge in [0.15, 0.2) is 0 Å². The van der Waals surface area contributed by atoms with Crippen LogP contribution in [0.1, 0.15) is 19.3 Å². The summed E-state index contributed by atoms with van der Waals surface area (Å²) >= 11 is 0. The van der Waals surface area contributed by atoms with E-state index in [1.165, 1.54) is 12.1 Å². The molecule has 2 aromatic carbocycles. The number of nitrogens with one attached hydrogen (secondary N) is 1. The maximum absolute atomic E-state index is 13.2. The minimum atomic E-state index is -0.738. The van der Waals surface area contributed by atoms with Crippen molar-refractivity contribution >= 4 is 17.7 Å². The molecule has 2 aromatic rings. The van der Waals surface area contributed by atoms with E-state index in [0.717, 1.165) is 40.9 Å². The first-order valence-corrected chi connectivity index (χ1v) is 10.6. The van der Waals surface area contributed by atoms with Crippen molar-refractivity contribution in [2.24, 2.45) is 11.3 Å². The van der Waals surface area contributed by atoms with Crippen LogP contribution in [0, 0.1) is 28.5 Å². The van der Waals surface area contributed by atoms with Gasteiger partial charge in [0.2, 0.25) is 0 Å². The van der Waals surface area contributed by atoms with Gasteiger partial charge >= 0.3 is 0 Å². The van der Waals surface area contributed by atoms with E-state index in [-0.39, 0.29) is 11.7 Å². The average Bonchev–Trinajstić information content (AvgIpc) is 3.21. The number of benzene rings is 2. The minimum absolute atomic E-state index is 0.263. The summed E-state index contributed by atoms with van der Waals surface area (Å²) in [7, 11) is 3.82. The average molecular weight is 430 g/mol. The molecule has 5 heteroatoms. The SMILES string of the molecule is C=CC1=C(N(C)c2ccc(F)cc2)C=C2CCC(C=O)C2(C#N)C1.CNc1ccccc1. The Labute approximate surface area is 189 Å². The molecule has 1 fully saturated rings. The Morgan fingerprint density at radius 2 is 1.91 bits per heavy atom. The number of carbonyl (C=O) groups is 1. The first kappa shape index (κ1) is 23.0. The van der Waals surface area contributed by atoms with Gasteiger partial charge in [0.1, 0.15) is 12.1 Å². The molecule has 2 unspecified atom stereocenters. The van der Waals surface area contributed by atoms with Gasteiger partial charge in [-0.05, 0) is 72.9 Å². The number of nitrogens with zero attached hydrogens (tertiary/aromatic N) is 2. The lowest BCUT2D eigenvalue weighted by atomic mass is 9.69. The summed E-state index contributed by atoms with van der Waals surface area (Å²) in [6.45, 7) is 3.88. The molecule has 0 bridgehead atoms. The summed E-state index contributed by atoms with van der Waals surface area (Å²) in [5.74, 6) is -0.540. The van der Waals surface area contributed by atoms with Gasteiger partial charge < -0.3 is 15.0 Å². The van der Waals surface area contributed by atoms with Gasteiger partial charge in [-0.2, -0.15) is 5.26 Å². The fraction of sp³-hybridized carbons (Fsp3) is 0.259. The second kappa shape index (κ2) is 10.1. The molecule has 2 aliphatic rings. The molecule has 2 atom stereocenters. The summed E-state index contributed by atoms with van der Waals surface area (Å²) in [6, 6.07) is 18.8. The van der Waals surface area contributed by atoms with Crippen molar-refractivity contribution in [3.05, 3.63) is 96.0 Å². The third-order valence-corrected chi connectivity index (χ3v) is 6.29. The zero-order chi connectivity index (χ0) is 23.1. The third kappa shape index (κ3) is 4.50. The van der Waals surface area contributed by atoms with Crippen molar-refractivity contribution in [2.75, 3.05) is 24.3 Å². The van der Waals surface area contributed by atoms with Gasteiger partial charge in [-0.3, -0.25) is 0 Å². The van der Waals surface area contributed by atoms with Crippen molar-refractivity contribution in [1.82, 2.24) is 0 Å². The van der Waals surface area contributed by atoms with E-state index >= 15 is 0 Å². The van der Waals surface area contributed by atoms with Crippen LogP contribution in [0.2, 0.25) is 0 Å². The van der Waals surface area contributed by atoms with Crippen LogP contribution in [0.4, 0.5) is 15.8 Å². The number of fused-ring (bicyclic) bond motifs is 1. The number of hydrogen-bond donors (Lipinski definition) is 1. The number of hydrogen-bond acceptors (Lipinski definition) is 4. The number of allylic oxidation sites excluding steroid dienone is 4. The van der Waals surface area contributed by atoms with Crippen LogP contribution in [-0.4, -0.2) is 20.4 Å². The summed E-state index contributed by atoms with van der Waals surface area (Å²) in [5, 5.41) is 12.8. The minimum Gasteiger partial charge on any atom is -0.388 e. The molecule has 0 heterocycles. The van der Waals surface area contributed by atoms with Gasteiger partial charge in [-0.1, -0.05) is 30.9 Å². The lowest BCUT2D eigenvalue weighted by Gasteiger charge is -2.35. The fourth-order valence-corrected chi connectivity index (χ4v) is 4.39. The molecule has 0 radical (unpaired) electrons. The molecule has 0 spiro atoms. The Bertz CT molecular complexity index is 1070. The lowest BCUT2D eigenvalue weighted by molar-refractivity contribution is -0.112. The van der Waals surface area contributed by atoms with Gasteiger partial charge in [0.25, 0.3) is 0 Å². The standard InChI is InChI=1S/C20H19FN2O.C7H9N/c1-3-14-11-20(13-22)15(4-5-16(20)12-24)10-19(14)23(2)18-8-6-17(21)7-9-18;1-8-7-5-3-2-4-6-7/h3,6-10,12,16H,1,4-5,11H2,2H3;2-6,8H,1H3. The number of carbonyl (C=O) groups excluding carboxylic acids is 1. The molecule has 0 aromatic heterocycles. The van der Waals surface area contributed by atoms with E-state index in [0.29, 0.717) is 12.8 Å². The van der Waals surface area contributed by atoms with Crippen molar-refractivity contribution in [2.45, 2.75) is 19.3 Å². The van der Waals surface area contributed by atoms with Gasteiger partial charge in [-0.15, -0.1) is 0 Å². The quantitative estimate of drug-likeness (QED) is 0.603. The second-order valence-electron chi connectivity index (χ2n) is 7.98. The van der Waals surface area contributed by atoms with E-state index in [1.54, 1.807) is 18.2 Å². The monoisotopic (exact) mass is 429 g/mol.